The van der Waals surface area contributed by atoms with Crippen molar-refractivity contribution >= 4 is 11.9 Å². The number of carbonyl (C=O) groups excluding carboxylic acids is 2. The molecule has 0 aliphatic carbocycles. The molecule has 3 atom stereocenters. The molecule has 0 aliphatic heterocycles. The van der Waals surface area contributed by atoms with E-state index in [0.29, 0.717) is 25.7 Å². The second kappa shape index (κ2) is 32.9. The first kappa shape index (κ1) is 42.6. The zero-order valence-corrected chi connectivity index (χ0v) is 28.7. The van der Waals surface area contributed by atoms with Crippen molar-refractivity contribution < 1.29 is 34.4 Å². The third-order valence-corrected chi connectivity index (χ3v) is 8.26. The number of aliphatic hydroxyl groups excluding tert-OH is 3. The first-order chi connectivity index (χ1) is 21.4. The van der Waals surface area contributed by atoms with Gasteiger partial charge in [0.25, 0.3) is 0 Å². The number of carbonyl (C=O) groups is 2. The minimum Gasteiger partial charge on any atom is -0.462 e. The lowest BCUT2D eigenvalue weighted by atomic mass is 10.0. The third kappa shape index (κ3) is 29.3. The monoisotopic (exact) mass is 627 g/mol. The van der Waals surface area contributed by atoms with Crippen LogP contribution < -0.4 is 0 Å². The van der Waals surface area contributed by atoms with E-state index in [9.17, 15) is 24.9 Å². The van der Waals surface area contributed by atoms with Crippen LogP contribution in [-0.4, -0.2) is 58.8 Å². The summed E-state index contributed by atoms with van der Waals surface area (Å²) in [5.41, 5.74) is 0. The summed E-state index contributed by atoms with van der Waals surface area (Å²) in [6.07, 6.45) is 28.6. The molecule has 0 aromatic carbocycles. The number of esters is 2. The summed E-state index contributed by atoms with van der Waals surface area (Å²) in [5.74, 6) is -0.697. The van der Waals surface area contributed by atoms with Crippen molar-refractivity contribution in [3.63, 3.8) is 0 Å². The molecule has 0 saturated carbocycles. The maximum absolute atomic E-state index is 12.1. The fourth-order valence-electron chi connectivity index (χ4n) is 5.28. The number of aliphatic hydroxyl groups is 3. The zero-order valence-electron chi connectivity index (χ0n) is 28.7. The smallest absolute Gasteiger partial charge is 0.306 e. The van der Waals surface area contributed by atoms with Crippen molar-refractivity contribution in [1.82, 2.24) is 0 Å². The summed E-state index contributed by atoms with van der Waals surface area (Å²) < 4.78 is 10.5. The predicted octanol–water partition coefficient (Wildman–Crippen LogP) is 8.89. The average molecular weight is 627 g/mol. The minimum atomic E-state index is -0.813. The van der Waals surface area contributed by atoms with E-state index in [4.69, 9.17) is 9.47 Å². The van der Waals surface area contributed by atoms with Gasteiger partial charge in [0, 0.05) is 12.8 Å². The van der Waals surface area contributed by atoms with Gasteiger partial charge in [-0.15, -0.1) is 0 Å². The van der Waals surface area contributed by atoms with Gasteiger partial charge in [0.1, 0.15) is 6.61 Å². The molecule has 260 valence electrons. The predicted molar refractivity (Wildman–Crippen MR) is 180 cm³/mol. The standard InChI is InChI=1S/C37H70O7/c1-3-5-7-9-11-12-13-14-15-16-17-21-26-30-37(42)44-33(31-38)32-43-36(41)29-25-22-18-20-24-28-35(40)34(39)27-23-19-10-8-6-4-2/h19,23,33-35,38-40H,3-18,20-22,24-32H2,1-2H3/b23-19-/t33-,34+,35+/m0/s1. The summed E-state index contributed by atoms with van der Waals surface area (Å²) in [7, 11) is 0. The molecular formula is C37H70O7. The highest BCUT2D eigenvalue weighted by atomic mass is 16.6. The number of allylic oxidation sites excluding steroid dienone is 1. The van der Waals surface area contributed by atoms with Crippen LogP contribution in [0.15, 0.2) is 12.2 Å². The summed E-state index contributed by atoms with van der Waals surface area (Å²) in [6, 6.07) is 0. The Labute approximate surface area is 270 Å². The molecule has 0 heterocycles. The van der Waals surface area contributed by atoms with Crippen molar-refractivity contribution in [2.75, 3.05) is 13.2 Å². The molecule has 0 aliphatic rings. The van der Waals surface area contributed by atoms with Crippen LogP contribution in [0.3, 0.4) is 0 Å². The molecule has 0 aromatic heterocycles. The van der Waals surface area contributed by atoms with Crippen LogP contribution in [0.5, 0.6) is 0 Å². The molecule has 44 heavy (non-hydrogen) atoms. The van der Waals surface area contributed by atoms with Gasteiger partial charge in [-0.2, -0.15) is 0 Å². The molecule has 0 rings (SSSR count). The van der Waals surface area contributed by atoms with E-state index in [1.165, 1.54) is 83.5 Å². The van der Waals surface area contributed by atoms with Crippen LogP contribution >= 0.6 is 0 Å². The normalized spacial score (nSPS) is 13.7. The maximum Gasteiger partial charge on any atom is 0.306 e. The van der Waals surface area contributed by atoms with Gasteiger partial charge < -0.3 is 24.8 Å². The molecule has 0 radical (unpaired) electrons. The van der Waals surface area contributed by atoms with Crippen LogP contribution in [0.1, 0.15) is 181 Å². The lowest BCUT2D eigenvalue weighted by molar-refractivity contribution is -0.161. The van der Waals surface area contributed by atoms with E-state index >= 15 is 0 Å². The first-order valence-corrected chi connectivity index (χ1v) is 18.4. The second-order valence-corrected chi connectivity index (χ2v) is 12.6. The molecule has 0 saturated heterocycles. The van der Waals surface area contributed by atoms with Crippen LogP contribution in [0.2, 0.25) is 0 Å². The topological polar surface area (TPSA) is 113 Å². The fraction of sp³-hybridized carbons (Fsp3) is 0.892. The van der Waals surface area contributed by atoms with E-state index in [1.54, 1.807) is 0 Å². The number of hydrogen-bond acceptors (Lipinski definition) is 7. The van der Waals surface area contributed by atoms with Crippen molar-refractivity contribution in [1.29, 1.82) is 0 Å². The summed E-state index contributed by atoms with van der Waals surface area (Å²) in [6.45, 7) is 3.94. The van der Waals surface area contributed by atoms with Gasteiger partial charge in [-0.05, 0) is 38.5 Å². The Kier molecular flexibility index (Phi) is 31.9. The Bertz CT molecular complexity index is 666. The first-order valence-electron chi connectivity index (χ1n) is 18.4. The van der Waals surface area contributed by atoms with Crippen LogP contribution in [0.25, 0.3) is 0 Å². The van der Waals surface area contributed by atoms with Crippen molar-refractivity contribution in [2.24, 2.45) is 0 Å². The number of hydrogen-bond donors (Lipinski definition) is 3. The van der Waals surface area contributed by atoms with Gasteiger partial charge in [-0.1, -0.05) is 142 Å². The van der Waals surface area contributed by atoms with Crippen LogP contribution in [0.4, 0.5) is 0 Å². The molecule has 7 nitrogen and oxygen atoms in total. The highest BCUT2D eigenvalue weighted by molar-refractivity contribution is 5.70. The van der Waals surface area contributed by atoms with Crippen LogP contribution in [0, 0.1) is 0 Å². The molecule has 7 heteroatoms. The molecule has 0 unspecified atom stereocenters. The summed E-state index contributed by atoms with van der Waals surface area (Å²) in [4.78, 5) is 24.2. The van der Waals surface area contributed by atoms with Gasteiger partial charge in [0.05, 0.1) is 18.8 Å². The lowest BCUT2D eigenvalue weighted by Gasteiger charge is -2.16. The van der Waals surface area contributed by atoms with Gasteiger partial charge in [0.15, 0.2) is 6.10 Å². The molecule has 0 amide bonds. The van der Waals surface area contributed by atoms with E-state index in [-0.39, 0.29) is 31.6 Å². The van der Waals surface area contributed by atoms with E-state index in [2.05, 4.69) is 19.9 Å². The van der Waals surface area contributed by atoms with Crippen molar-refractivity contribution in [3.8, 4) is 0 Å². The van der Waals surface area contributed by atoms with E-state index in [0.717, 1.165) is 51.4 Å². The Hall–Kier alpha value is -1.44. The highest BCUT2D eigenvalue weighted by Gasteiger charge is 2.16. The molecule has 3 N–H and O–H groups in total. The molecular weight excluding hydrogens is 556 g/mol. The minimum absolute atomic E-state index is 0.117. The Morgan fingerprint density at radius 3 is 1.61 bits per heavy atom. The quantitative estimate of drug-likeness (QED) is 0.0379. The fourth-order valence-corrected chi connectivity index (χ4v) is 5.28. The molecule has 0 fully saturated rings. The zero-order chi connectivity index (χ0) is 32.5. The maximum atomic E-state index is 12.1. The van der Waals surface area contributed by atoms with Crippen molar-refractivity contribution in [3.05, 3.63) is 12.2 Å². The van der Waals surface area contributed by atoms with Crippen LogP contribution in [-0.2, 0) is 19.1 Å². The largest absolute Gasteiger partial charge is 0.462 e. The van der Waals surface area contributed by atoms with Gasteiger partial charge in [0.2, 0.25) is 0 Å². The molecule has 0 bridgehead atoms. The van der Waals surface area contributed by atoms with Gasteiger partial charge in [-0.25, -0.2) is 0 Å². The Morgan fingerprint density at radius 2 is 1.07 bits per heavy atom. The number of rotatable bonds is 33. The lowest BCUT2D eigenvalue weighted by Crippen LogP contribution is -2.28. The van der Waals surface area contributed by atoms with E-state index in [1.807, 2.05) is 6.08 Å². The van der Waals surface area contributed by atoms with Crippen molar-refractivity contribution in [2.45, 2.75) is 199 Å². The number of unbranched alkanes of at least 4 members (excludes halogenated alkanes) is 19. The summed E-state index contributed by atoms with van der Waals surface area (Å²) >= 11 is 0. The summed E-state index contributed by atoms with van der Waals surface area (Å²) in [5, 5.41) is 29.8. The van der Waals surface area contributed by atoms with Gasteiger partial charge >= 0.3 is 11.9 Å². The Balaban J connectivity index is 3.69. The van der Waals surface area contributed by atoms with Gasteiger partial charge in [-0.3, -0.25) is 9.59 Å². The third-order valence-electron chi connectivity index (χ3n) is 8.26. The van der Waals surface area contributed by atoms with E-state index < -0.39 is 18.3 Å². The Morgan fingerprint density at radius 1 is 0.591 bits per heavy atom. The second-order valence-electron chi connectivity index (χ2n) is 12.6. The SMILES string of the molecule is CCCCC/C=C\C[C@@H](O)[C@H](O)CCCCCCCC(=O)OC[C@H](CO)OC(=O)CCCCCCCCCCCCCCC. The molecule has 0 aromatic rings. The molecule has 0 spiro atoms. The average Bonchev–Trinajstić information content (AvgIpc) is 3.02. The number of ether oxygens (including phenoxy) is 2. The highest BCUT2D eigenvalue weighted by Crippen LogP contribution is 2.15.